The highest BCUT2D eigenvalue weighted by atomic mass is 16.2. The lowest BCUT2D eigenvalue weighted by Gasteiger charge is -2.22. The number of nitrogens with two attached hydrogens (primary N) is 1. The summed E-state index contributed by atoms with van der Waals surface area (Å²) in [6.07, 6.45) is 6.80. The SMILES string of the molecule is NC(=O)c1ccc(N2CCCC2)c(NC(=O)c2ccc3c(c2)CCCC3)c1. The molecule has 140 valence electrons. The number of fused-ring (bicyclic) bond motifs is 1. The summed E-state index contributed by atoms with van der Waals surface area (Å²) in [6.45, 7) is 1.91. The van der Waals surface area contributed by atoms with Crippen LogP contribution in [0.3, 0.4) is 0 Å². The summed E-state index contributed by atoms with van der Waals surface area (Å²) in [6, 6.07) is 11.3. The predicted molar refractivity (Wildman–Crippen MR) is 107 cm³/mol. The molecule has 2 amide bonds. The zero-order valence-corrected chi connectivity index (χ0v) is 15.5. The first kappa shape index (κ1) is 17.6. The number of primary amides is 1. The Labute approximate surface area is 159 Å². The number of anilines is 2. The summed E-state index contributed by atoms with van der Waals surface area (Å²) in [7, 11) is 0. The van der Waals surface area contributed by atoms with Crippen molar-refractivity contribution in [3.8, 4) is 0 Å². The molecule has 0 radical (unpaired) electrons. The number of nitrogens with zero attached hydrogens (tertiary/aromatic N) is 1. The normalized spacial score (nSPS) is 16.1. The second-order valence-corrected chi connectivity index (χ2v) is 7.44. The van der Waals surface area contributed by atoms with Crippen LogP contribution in [0.2, 0.25) is 0 Å². The fourth-order valence-corrected chi connectivity index (χ4v) is 4.09. The Kier molecular flexibility index (Phi) is 4.84. The van der Waals surface area contributed by atoms with Crippen molar-refractivity contribution in [2.24, 2.45) is 5.73 Å². The number of nitrogens with one attached hydrogen (secondary N) is 1. The van der Waals surface area contributed by atoms with E-state index in [0.717, 1.165) is 44.5 Å². The maximum atomic E-state index is 12.9. The zero-order chi connectivity index (χ0) is 18.8. The molecule has 5 nitrogen and oxygen atoms in total. The molecule has 1 aliphatic heterocycles. The summed E-state index contributed by atoms with van der Waals surface area (Å²) >= 11 is 0. The van der Waals surface area contributed by atoms with Gasteiger partial charge in [-0.1, -0.05) is 6.07 Å². The molecule has 0 spiro atoms. The Hall–Kier alpha value is -2.82. The Morgan fingerprint density at radius 2 is 1.56 bits per heavy atom. The summed E-state index contributed by atoms with van der Waals surface area (Å²) in [5.41, 5.74) is 10.7. The van der Waals surface area contributed by atoms with Gasteiger partial charge in [-0.2, -0.15) is 0 Å². The highest BCUT2D eigenvalue weighted by molar-refractivity contribution is 6.07. The predicted octanol–water partition coefficient (Wildman–Crippen LogP) is 3.52. The summed E-state index contributed by atoms with van der Waals surface area (Å²) in [5, 5.41) is 3.02. The number of amides is 2. The van der Waals surface area contributed by atoms with Crippen LogP contribution in [-0.4, -0.2) is 24.9 Å². The molecule has 1 saturated heterocycles. The first-order chi connectivity index (χ1) is 13.1. The van der Waals surface area contributed by atoms with Gasteiger partial charge in [-0.05, 0) is 80.0 Å². The minimum absolute atomic E-state index is 0.148. The topological polar surface area (TPSA) is 75.4 Å². The van der Waals surface area contributed by atoms with E-state index in [-0.39, 0.29) is 5.91 Å². The van der Waals surface area contributed by atoms with E-state index in [2.05, 4.69) is 16.3 Å². The Balaban J connectivity index is 1.63. The molecule has 0 atom stereocenters. The lowest BCUT2D eigenvalue weighted by molar-refractivity contribution is 0.0996. The van der Waals surface area contributed by atoms with Crippen LogP contribution in [0.15, 0.2) is 36.4 Å². The van der Waals surface area contributed by atoms with Crippen molar-refractivity contribution in [1.29, 1.82) is 0 Å². The fourth-order valence-electron chi connectivity index (χ4n) is 4.09. The molecule has 1 fully saturated rings. The van der Waals surface area contributed by atoms with Crippen LogP contribution >= 0.6 is 0 Å². The number of carbonyl (C=O) groups excluding carboxylic acids is 2. The van der Waals surface area contributed by atoms with Gasteiger partial charge in [0.15, 0.2) is 0 Å². The minimum atomic E-state index is -0.493. The molecule has 1 aliphatic carbocycles. The number of rotatable bonds is 4. The van der Waals surface area contributed by atoms with Crippen molar-refractivity contribution in [1.82, 2.24) is 0 Å². The Morgan fingerprint density at radius 3 is 2.30 bits per heavy atom. The van der Waals surface area contributed by atoms with Gasteiger partial charge in [0.05, 0.1) is 11.4 Å². The van der Waals surface area contributed by atoms with E-state index in [9.17, 15) is 9.59 Å². The molecule has 0 bridgehead atoms. The minimum Gasteiger partial charge on any atom is -0.370 e. The monoisotopic (exact) mass is 363 g/mol. The summed E-state index contributed by atoms with van der Waals surface area (Å²) in [4.78, 5) is 26.7. The smallest absolute Gasteiger partial charge is 0.255 e. The number of hydrogen-bond donors (Lipinski definition) is 2. The van der Waals surface area contributed by atoms with E-state index < -0.39 is 5.91 Å². The molecule has 3 N–H and O–H groups in total. The quantitative estimate of drug-likeness (QED) is 0.873. The van der Waals surface area contributed by atoms with Crippen LogP contribution < -0.4 is 16.0 Å². The molecule has 4 rings (SSSR count). The fraction of sp³-hybridized carbons (Fsp3) is 0.364. The molecule has 0 saturated carbocycles. The second kappa shape index (κ2) is 7.43. The Bertz CT molecular complexity index is 885. The molecule has 2 aliphatic rings. The second-order valence-electron chi connectivity index (χ2n) is 7.44. The first-order valence-electron chi connectivity index (χ1n) is 9.74. The number of carbonyl (C=O) groups is 2. The number of hydrogen-bond acceptors (Lipinski definition) is 3. The third-order valence-corrected chi connectivity index (χ3v) is 5.59. The molecule has 1 heterocycles. The van der Waals surface area contributed by atoms with Gasteiger partial charge < -0.3 is 16.0 Å². The van der Waals surface area contributed by atoms with Crippen molar-refractivity contribution in [3.05, 3.63) is 58.7 Å². The van der Waals surface area contributed by atoms with Gasteiger partial charge in [0.2, 0.25) is 5.91 Å². The van der Waals surface area contributed by atoms with Crippen molar-refractivity contribution in [2.45, 2.75) is 38.5 Å². The average molecular weight is 363 g/mol. The van der Waals surface area contributed by atoms with Gasteiger partial charge in [-0.25, -0.2) is 0 Å². The molecule has 2 aromatic carbocycles. The van der Waals surface area contributed by atoms with E-state index >= 15 is 0 Å². The van der Waals surface area contributed by atoms with Crippen molar-refractivity contribution >= 4 is 23.2 Å². The molecule has 27 heavy (non-hydrogen) atoms. The van der Waals surface area contributed by atoms with Crippen LogP contribution in [-0.2, 0) is 12.8 Å². The standard InChI is InChI=1S/C22H25N3O2/c23-21(26)17-9-10-20(25-11-3-4-12-25)19(14-17)24-22(27)18-8-7-15-5-1-2-6-16(15)13-18/h7-10,13-14H,1-6,11-12H2,(H2,23,26)(H,24,27). The van der Waals surface area contributed by atoms with E-state index in [1.165, 1.54) is 24.0 Å². The van der Waals surface area contributed by atoms with Gasteiger partial charge >= 0.3 is 0 Å². The lowest BCUT2D eigenvalue weighted by atomic mass is 9.90. The largest absolute Gasteiger partial charge is 0.370 e. The molecule has 0 aromatic heterocycles. The average Bonchev–Trinajstić information content (AvgIpc) is 3.22. The van der Waals surface area contributed by atoms with Gasteiger partial charge in [0, 0.05) is 24.2 Å². The van der Waals surface area contributed by atoms with Crippen LogP contribution in [0, 0.1) is 0 Å². The third-order valence-electron chi connectivity index (χ3n) is 5.59. The summed E-state index contributed by atoms with van der Waals surface area (Å²) in [5.74, 6) is -0.641. The van der Waals surface area contributed by atoms with Crippen LogP contribution in [0.25, 0.3) is 0 Å². The van der Waals surface area contributed by atoms with Gasteiger partial charge in [0.25, 0.3) is 5.91 Å². The third kappa shape index (κ3) is 3.68. The van der Waals surface area contributed by atoms with Gasteiger partial charge in [-0.3, -0.25) is 9.59 Å². The van der Waals surface area contributed by atoms with E-state index in [1.807, 2.05) is 18.2 Å². The lowest BCUT2D eigenvalue weighted by Crippen LogP contribution is -2.22. The number of benzene rings is 2. The zero-order valence-electron chi connectivity index (χ0n) is 15.5. The van der Waals surface area contributed by atoms with Crippen molar-refractivity contribution in [3.63, 3.8) is 0 Å². The van der Waals surface area contributed by atoms with Gasteiger partial charge in [0.1, 0.15) is 0 Å². The highest BCUT2D eigenvalue weighted by Gasteiger charge is 2.19. The van der Waals surface area contributed by atoms with Crippen LogP contribution in [0.5, 0.6) is 0 Å². The van der Waals surface area contributed by atoms with E-state index in [0.29, 0.717) is 16.8 Å². The van der Waals surface area contributed by atoms with E-state index in [1.54, 1.807) is 12.1 Å². The molecule has 0 unspecified atom stereocenters. The first-order valence-corrected chi connectivity index (χ1v) is 9.74. The maximum Gasteiger partial charge on any atom is 0.255 e. The van der Waals surface area contributed by atoms with Crippen LogP contribution in [0.4, 0.5) is 11.4 Å². The molecular weight excluding hydrogens is 338 g/mol. The summed E-state index contributed by atoms with van der Waals surface area (Å²) < 4.78 is 0. The number of aryl methyl sites for hydroxylation is 2. The Morgan fingerprint density at radius 1 is 0.852 bits per heavy atom. The molecule has 5 heteroatoms. The molecule has 2 aromatic rings. The molecular formula is C22H25N3O2. The van der Waals surface area contributed by atoms with Crippen LogP contribution in [0.1, 0.15) is 57.5 Å². The van der Waals surface area contributed by atoms with Crippen molar-refractivity contribution < 1.29 is 9.59 Å². The highest BCUT2D eigenvalue weighted by Crippen LogP contribution is 2.31. The maximum absolute atomic E-state index is 12.9. The van der Waals surface area contributed by atoms with E-state index in [4.69, 9.17) is 5.73 Å². The van der Waals surface area contributed by atoms with Gasteiger partial charge in [-0.15, -0.1) is 0 Å². The van der Waals surface area contributed by atoms with Crippen molar-refractivity contribution in [2.75, 3.05) is 23.3 Å².